The monoisotopic (exact) mass is 371 g/mol. The largest absolute Gasteiger partial charge is 0.378 e. The van der Waals surface area contributed by atoms with Gasteiger partial charge in [0.05, 0.1) is 26.4 Å². The van der Waals surface area contributed by atoms with Gasteiger partial charge >= 0.3 is 0 Å². The number of piperazine rings is 1. The van der Waals surface area contributed by atoms with Crippen LogP contribution in [0.25, 0.3) is 0 Å². The fourth-order valence-electron chi connectivity index (χ4n) is 4.07. The van der Waals surface area contributed by atoms with Crippen LogP contribution in [0.4, 0.5) is 0 Å². The molecule has 5 nitrogen and oxygen atoms in total. The minimum absolute atomic E-state index is 0.669. The Labute approximate surface area is 163 Å². The third kappa shape index (κ3) is 7.81. The molecule has 4 rings (SSSR count). The van der Waals surface area contributed by atoms with Gasteiger partial charge in [-0.3, -0.25) is 9.80 Å². The summed E-state index contributed by atoms with van der Waals surface area (Å²) in [4.78, 5) is 7.52. The van der Waals surface area contributed by atoms with Crippen LogP contribution in [0.2, 0.25) is 0 Å². The summed E-state index contributed by atoms with van der Waals surface area (Å²) in [6.45, 7) is 21.4. The maximum atomic E-state index is 5.45. The molecule has 0 amide bonds. The molecule has 0 bridgehead atoms. The molecule has 4 fully saturated rings. The topological polar surface area (TPSA) is 28.2 Å². The maximum absolute atomic E-state index is 5.45. The molecule has 4 aliphatic heterocycles. The predicted octanol–water partition coefficient (Wildman–Crippen LogP) is 2.80. The lowest BCUT2D eigenvalue weighted by Crippen LogP contribution is -2.56. The Morgan fingerprint density at radius 1 is 0.731 bits per heavy atom. The Hall–Kier alpha value is -0.200. The molecular formula is C21H45N3O2. The summed E-state index contributed by atoms with van der Waals surface area (Å²) >= 11 is 0. The van der Waals surface area contributed by atoms with Gasteiger partial charge in [0.25, 0.3) is 0 Å². The maximum Gasteiger partial charge on any atom is 0.0634 e. The number of rotatable bonds is 0. The van der Waals surface area contributed by atoms with Crippen LogP contribution in [0.15, 0.2) is 0 Å². The van der Waals surface area contributed by atoms with Crippen molar-refractivity contribution in [2.75, 3.05) is 72.7 Å². The van der Waals surface area contributed by atoms with E-state index in [0.29, 0.717) is 6.04 Å². The van der Waals surface area contributed by atoms with Gasteiger partial charge < -0.3 is 14.4 Å². The van der Waals surface area contributed by atoms with Crippen LogP contribution in [-0.2, 0) is 9.47 Å². The number of hydrogen-bond donors (Lipinski definition) is 0. The third-order valence-corrected chi connectivity index (χ3v) is 5.57. The third-order valence-electron chi connectivity index (χ3n) is 5.57. The molecular weight excluding hydrogens is 326 g/mol. The summed E-state index contributed by atoms with van der Waals surface area (Å²) in [7, 11) is 2.19. The van der Waals surface area contributed by atoms with E-state index < -0.39 is 0 Å². The molecule has 0 radical (unpaired) electrons. The highest BCUT2D eigenvalue weighted by Crippen LogP contribution is 2.24. The molecule has 4 aliphatic rings. The van der Waals surface area contributed by atoms with E-state index in [1.165, 1.54) is 39.0 Å². The first-order valence-electron chi connectivity index (χ1n) is 11.0. The second kappa shape index (κ2) is 13.9. The molecule has 0 aliphatic carbocycles. The molecule has 0 N–H and O–H groups in total. The molecule has 26 heavy (non-hydrogen) atoms. The second-order valence-electron chi connectivity index (χ2n) is 7.42. The van der Waals surface area contributed by atoms with Gasteiger partial charge in [-0.05, 0) is 32.4 Å². The van der Waals surface area contributed by atoms with E-state index in [-0.39, 0.29) is 0 Å². The molecule has 0 aromatic carbocycles. The molecule has 0 spiro atoms. The van der Waals surface area contributed by atoms with Crippen molar-refractivity contribution in [3.63, 3.8) is 0 Å². The summed E-state index contributed by atoms with van der Waals surface area (Å²) in [5.74, 6) is 0.915. The van der Waals surface area contributed by atoms with Crippen LogP contribution >= 0.6 is 0 Å². The van der Waals surface area contributed by atoms with Crippen molar-refractivity contribution in [2.45, 2.75) is 59.5 Å². The summed E-state index contributed by atoms with van der Waals surface area (Å²) < 4.78 is 10.9. The number of likely N-dealkylation sites (N-methyl/N-ethyl adjacent to an activating group) is 1. The zero-order chi connectivity index (χ0) is 19.4. The van der Waals surface area contributed by atoms with Gasteiger partial charge in [-0.2, -0.15) is 0 Å². The summed E-state index contributed by atoms with van der Waals surface area (Å²) in [6, 6.07) is 1.41. The number of fused-ring (bicyclic) bond motifs is 2. The van der Waals surface area contributed by atoms with Crippen LogP contribution in [-0.4, -0.2) is 99.5 Å². The van der Waals surface area contributed by atoms with Crippen molar-refractivity contribution in [3.8, 4) is 0 Å². The van der Waals surface area contributed by atoms with E-state index >= 15 is 0 Å². The minimum Gasteiger partial charge on any atom is -0.378 e. The highest BCUT2D eigenvalue weighted by atomic mass is 16.5. The van der Waals surface area contributed by atoms with Gasteiger partial charge in [0.15, 0.2) is 0 Å². The van der Waals surface area contributed by atoms with Crippen molar-refractivity contribution >= 4 is 0 Å². The van der Waals surface area contributed by atoms with Gasteiger partial charge in [0.1, 0.15) is 0 Å². The van der Waals surface area contributed by atoms with Gasteiger partial charge in [-0.1, -0.05) is 34.6 Å². The van der Waals surface area contributed by atoms with Gasteiger partial charge in [-0.15, -0.1) is 0 Å². The minimum atomic E-state index is 0.669. The summed E-state index contributed by atoms with van der Waals surface area (Å²) in [5, 5.41) is 0. The average molecular weight is 372 g/mol. The number of nitrogens with zero attached hydrogens (tertiary/aromatic N) is 3. The molecule has 3 unspecified atom stereocenters. The van der Waals surface area contributed by atoms with Crippen molar-refractivity contribution in [2.24, 2.45) is 5.92 Å². The lowest BCUT2D eigenvalue weighted by molar-refractivity contribution is -0.0397. The molecule has 3 atom stereocenters. The van der Waals surface area contributed by atoms with Crippen LogP contribution in [0, 0.1) is 5.92 Å². The molecule has 156 valence electrons. The van der Waals surface area contributed by atoms with Crippen molar-refractivity contribution in [3.05, 3.63) is 0 Å². The molecule has 0 saturated carbocycles. The molecule has 5 heteroatoms. The number of ether oxygens (including phenoxy) is 2. The number of hydrogen-bond acceptors (Lipinski definition) is 5. The molecule has 0 aromatic heterocycles. The Kier molecular flexibility index (Phi) is 12.7. The zero-order valence-electron chi connectivity index (χ0n) is 18.4. The Bertz CT molecular complexity index is 311. The van der Waals surface area contributed by atoms with Crippen molar-refractivity contribution < 1.29 is 9.47 Å². The normalized spacial score (nSPS) is 32.3. The SMILES string of the molecule is CC.CC.CC1CCN2CCOCC2C1.CN1CCN2CCOCC2C1. The van der Waals surface area contributed by atoms with Crippen LogP contribution in [0.5, 0.6) is 0 Å². The lowest BCUT2D eigenvalue weighted by Gasteiger charge is -2.42. The average Bonchev–Trinajstić information content (AvgIpc) is 2.71. The van der Waals surface area contributed by atoms with Crippen LogP contribution in [0.3, 0.4) is 0 Å². The Balaban J connectivity index is 0.000000219. The summed E-state index contributed by atoms with van der Waals surface area (Å²) in [5.41, 5.74) is 0. The fraction of sp³-hybridized carbons (Fsp3) is 1.00. The molecule has 4 saturated heterocycles. The van der Waals surface area contributed by atoms with Crippen LogP contribution in [0.1, 0.15) is 47.5 Å². The van der Waals surface area contributed by atoms with E-state index in [1.807, 2.05) is 27.7 Å². The van der Waals surface area contributed by atoms with E-state index in [9.17, 15) is 0 Å². The number of morpholine rings is 2. The molecule has 4 heterocycles. The first-order valence-corrected chi connectivity index (χ1v) is 11.0. The van der Waals surface area contributed by atoms with E-state index in [2.05, 4.69) is 28.7 Å². The quantitative estimate of drug-likeness (QED) is 0.653. The zero-order valence-corrected chi connectivity index (χ0v) is 18.4. The highest BCUT2D eigenvalue weighted by molar-refractivity contribution is 4.83. The van der Waals surface area contributed by atoms with Gasteiger partial charge in [0.2, 0.25) is 0 Å². The van der Waals surface area contributed by atoms with Crippen molar-refractivity contribution in [1.29, 1.82) is 0 Å². The van der Waals surface area contributed by atoms with Gasteiger partial charge in [0, 0.05) is 44.8 Å². The first-order chi connectivity index (χ1) is 12.7. The lowest BCUT2D eigenvalue weighted by atomic mass is 9.92. The Morgan fingerprint density at radius 3 is 1.96 bits per heavy atom. The Morgan fingerprint density at radius 2 is 1.31 bits per heavy atom. The van der Waals surface area contributed by atoms with E-state index in [4.69, 9.17) is 9.47 Å². The fourth-order valence-corrected chi connectivity index (χ4v) is 4.07. The van der Waals surface area contributed by atoms with Crippen molar-refractivity contribution in [1.82, 2.24) is 14.7 Å². The van der Waals surface area contributed by atoms with Crippen LogP contribution < -0.4 is 0 Å². The molecule has 0 aromatic rings. The first kappa shape index (κ1) is 23.8. The van der Waals surface area contributed by atoms with E-state index in [1.54, 1.807) is 0 Å². The smallest absolute Gasteiger partial charge is 0.0634 e. The highest BCUT2D eigenvalue weighted by Gasteiger charge is 2.28. The summed E-state index contributed by atoms with van der Waals surface area (Å²) in [6.07, 6.45) is 2.73. The van der Waals surface area contributed by atoms with Gasteiger partial charge in [-0.25, -0.2) is 0 Å². The van der Waals surface area contributed by atoms with E-state index in [0.717, 1.165) is 51.5 Å². The second-order valence-corrected chi connectivity index (χ2v) is 7.42. The predicted molar refractivity (Wildman–Crippen MR) is 111 cm³/mol. The number of piperidine rings is 1. The standard InChI is InChI=1S/C9H17NO.C8H16N2O.2C2H6/c1-8-2-3-10-4-5-11-7-9(10)6-8;1-9-2-3-10-4-5-11-7-8(10)6-9;2*1-2/h8-9H,2-7H2,1H3;8H,2-7H2,1H3;2*1-2H3.